The summed E-state index contributed by atoms with van der Waals surface area (Å²) < 4.78 is 6.26. The Morgan fingerprint density at radius 1 is 1.31 bits per heavy atom. The highest BCUT2D eigenvalue weighted by atomic mass is 35.5. The molecule has 1 heterocycles. The molecule has 8 heteroatoms. The van der Waals surface area contributed by atoms with E-state index in [1.165, 1.54) is 11.8 Å². The minimum Gasteiger partial charge on any atom is -0.461 e. The first-order valence-electron chi connectivity index (χ1n) is 12.7. The summed E-state index contributed by atoms with van der Waals surface area (Å²) in [5.74, 6) is -0.0667. The second kappa shape index (κ2) is 10.8. The number of ether oxygens (including phenoxy) is 1. The Labute approximate surface area is 225 Å². The van der Waals surface area contributed by atoms with Crippen molar-refractivity contribution in [1.82, 2.24) is 4.98 Å². The molecule has 4 rings (SSSR count). The number of halogens is 1. The summed E-state index contributed by atoms with van der Waals surface area (Å²) in [6.07, 6.45) is 7.49. The maximum Gasteiger partial charge on any atom is 0.316 e. The molecule has 3 aliphatic rings. The van der Waals surface area contributed by atoms with Gasteiger partial charge in [-0.15, -0.1) is 30.7 Å². The molecule has 1 aromatic heterocycles. The number of aromatic nitrogens is 1. The molecule has 0 aliphatic heterocycles. The average molecular weight is 538 g/mol. The average Bonchev–Trinajstić information content (AvgIpc) is 3.21. The van der Waals surface area contributed by atoms with Crippen molar-refractivity contribution < 1.29 is 24.5 Å². The van der Waals surface area contributed by atoms with Crippen LogP contribution in [-0.4, -0.2) is 44.9 Å². The van der Waals surface area contributed by atoms with E-state index in [0.29, 0.717) is 18.4 Å². The summed E-state index contributed by atoms with van der Waals surface area (Å²) in [6.45, 7) is 12.4. The Kier molecular flexibility index (Phi) is 8.71. The van der Waals surface area contributed by atoms with E-state index in [-0.39, 0.29) is 59.7 Å². The quantitative estimate of drug-likeness (QED) is 0.299. The molecule has 0 saturated heterocycles. The predicted octanol–water partition coefficient (Wildman–Crippen LogP) is 4.99. The highest BCUT2D eigenvalue weighted by Gasteiger charge is 2.68. The number of aliphatic hydroxyl groups is 2. The molecule has 3 fully saturated rings. The highest BCUT2D eigenvalue weighted by Crippen LogP contribution is 2.68. The molecule has 36 heavy (non-hydrogen) atoms. The lowest BCUT2D eigenvalue weighted by Crippen LogP contribution is -2.63. The van der Waals surface area contributed by atoms with Crippen LogP contribution in [0.5, 0.6) is 0 Å². The van der Waals surface area contributed by atoms with Crippen LogP contribution in [0.4, 0.5) is 0 Å². The third kappa shape index (κ3) is 4.65. The third-order valence-electron chi connectivity index (χ3n) is 9.88. The first-order chi connectivity index (χ1) is 16.5. The van der Waals surface area contributed by atoms with Crippen LogP contribution >= 0.6 is 24.2 Å². The lowest BCUT2D eigenvalue weighted by molar-refractivity contribution is -0.205. The molecule has 3 saturated carbocycles. The van der Waals surface area contributed by atoms with Crippen LogP contribution in [0.15, 0.2) is 36.0 Å². The molecule has 2 bridgehead atoms. The standard InChI is InChI=1S/C28H39NO5S.ClH/c1-6-26(4)12-22(34-23(32)16-35-20-11-19(15-30)13-29-14-20)27(5)17(2)7-9-28(18(3)25(26)33)10-8-21(31)24(27)28;/h6,11,13-14,17-18,22,24-25,30,33H,1,7-10,12,15-16H2,2-5H3;1H/t17-,18+,22-,24?,25+,26-,27+,28+;/m1./s1. The van der Waals surface area contributed by atoms with Crippen LogP contribution in [0.3, 0.4) is 0 Å². The van der Waals surface area contributed by atoms with Crippen molar-refractivity contribution in [3.8, 4) is 0 Å². The van der Waals surface area contributed by atoms with Crippen LogP contribution < -0.4 is 0 Å². The number of ketones is 1. The van der Waals surface area contributed by atoms with Crippen molar-refractivity contribution in [2.45, 2.75) is 83.5 Å². The number of thioether (sulfide) groups is 1. The van der Waals surface area contributed by atoms with Gasteiger partial charge in [0.2, 0.25) is 0 Å². The van der Waals surface area contributed by atoms with Crippen LogP contribution in [0.25, 0.3) is 0 Å². The lowest BCUT2D eigenvalue weighted by atomic mass is 9.44. The van der Waals surface area contributed by atoms with Gasteiger partial charge in [-0.25, -0.2) is 0 Å². The molecule has 2 N–H and O–H groups in total. The summed E-state index contributed by atoms with van der Waals surface area (Å²) in [4.78, 5) is 31.5. The zero-order chi connectivity index (χ0) is 25.6. The van der Waals surface area contributed by atoms with Crippen molar-refractivity contribution in [1.29, 1.82) is 0 Å². The normalized spacial score (nSPS) is 39.8. The topological polar surface area (TPSA) is 96.7 Å². The molecule has 1 aromatic rings. The van der Waals surface area contributed by atoms with Crippen LogP contribution in [-0.2, 0) is 20.9 Å². The Morgan fingerprint density at radius 2 is 2.03 bits per heavy atom. The second-order valence-corrected chi connectivity index (χ2v) is 12.6. The SMILES string of the molecule is C=C[C@]1(C)C[C@@H](OC(=O)CSc2cncc(CO)c2)[C@@]2(C)C3C(=O)CC[C@@]3(CC[C@H]2C)[C@@H](C)[C@@H]1O.Cl. The minimum atomic E-state index is -0.672. The molecule has 200 valence electrons. The first-order valence-corrected chi connectivity index (χ1v) is 13.7. The largest absolute Gasteiger partial charge is 0.461 e. The maximum absolute atomic E-state index is 13.4. The first kappa shape index (κ1) is 29.2. The molecule has 0 amide bonds. The van der Waals surface area contributed by atoms with Gasteiger partial charge in [-0.3, -0.25) is 14.6 Å². The Balaban J connectivity index is 0.00000361. The number of hydrogen-bond donors (Lipinski definition) is 2. The van der Waals surface area contributed by atoms with Gasteiger partial charge in [0.25, 0.3) is 0 Å². The number of nitrogens with zero attached hydrogens (tertiary/aromatic N) is 1. The summed E-state index contributed by atoms with van der Waals surface area (Å²) in [6, 6.07) is 1.81. The number of Topliss-reactive ketones (excluding diaryl/α,β-unsaturated/α-hetero) is 1. The summed E-state index contributed by atoms with van der Waals surface area (Å²) >= 11 is 1.32. The number of aliphatic hydroxyl groups excluding tert-OH is 2. The molecule has 0 radical (unpaired) electrons. The molecular formula is C28H40ClNO5S. The van der Waals surface area contributed by atoms with E-state index < -0.39 is 23.0 Å². The van der Waals surface area contributed by atoms with Crippen molar-refractivity contribution >= 4 is 35.9 Å². The van der Waals surface area contributed by atoms with E-state index in [4.69, 9.17) is 4.74 Å². The van der Waals surface area contributed by atoms with E-state index in [0.717, 1.165) is 24.2 Å². The molecule has 3 aliphatic carbocycles. The van der Waals surface area contributed by atoms with E-state index in [1.807, 2.05) is 19.1 Å². The van der Waals surface area contributed by atoms with E-state index >= 15 is 0 Å². The number of rotatable bonds is 6. The zero-order valence-corrected chi connectivity index (χ0v) is 23.4. The van der Waals surface area contributed by atoms with E-state index in [2.05, 4.69) is 32.3 Å². The van der Waals surface area contributed by atoms with E-state index in [9.17, 15) is 19.8 Å². The van der Waals surface area contributed by atoms with Crippen molar-refractivity contribution in [3.63, 3.8) is 0 Å². The highest BCUT2D eigenvalue weighted by molar-refractivity contribution is 8.00. The van der Waals surface area contributed by atoms with Gasteiger partial charge < -0.3 is 14.9 Å². The molecule has 1 unspecified atom stereocenters. The number of carbonyl (C=O) groups is 2. The third-order valence-corrected chi connectivity index (χ3v) is 10.8. The van der Waals surface area contributed by atoms with Gasteiger partial charge >= 0.3 is 5.97 Å². The van der Waals surface area contributed by atoms with Crippen LogP contribution in [0, 0.1) is 34.0 Å². The monoisotopic (exact) mass is 537 g/mol. The maximum atomic E-state index is 13.4. The molecule has 8 atom stereocenters. The summed E-state index contributed by atoms with van der Waals surface area (Å²) in [5.41, 5.74) is -0.742. The molecule has 6 nitrogen and oxygen atoms in total. The number of esters is 1. The molecule has 0 aromatic carbocycles. The van der Waals surface area contributed by atoms with Crippen LogP contribution in [0.1, 0.15) is 65.4 Å². The minimum absolute atomic E-state index is 0. The fourth-order valence-corrected chi connectivity index (χ4v) is 8.19. The lowest BCUT2D eigenvalue weighted by Gasteiger charge is -2.61. The summed E-state index contributed by atoms with van der Waals surface area (Å²) in [5, 5.41) is 20.9. The second-order valence-electron chi connectivity index (χ2n) is 11.5. The van der Waals surface area contributed by atoms with Gasteiger partial charge in [-0.2, -0.15) is 0 Å². The fourth-order valence-electron chi connectivity index (χ4n) is 7.47. The zero-order valence-electron chi connectivity index (χ0n) is 21.7. The number of carbonyl (C=O) groups excluding carboxylic acids is 2. The van der Waals surface area contributed by atoms with Crippen LogP contribution in [0.2, 0.25) is 0 Å². The van der Waals surface area contributed by atoms with Crippen molar-refractivity contribution in [3.05, 3.63) is 36.7 Å². The van der Waals surface area contributed by atoms with Crippen molar-refractivity contribution in [2.75, 3.05) is 5.75 Å². The van der Waals surface area contributed by atoms with Gasteiger partial charge in [0.15, 0.2) is 0 Å². The predicted molar refractivity (Wildman–Crippen MR) is 143 cm³/mol. The summed E-state index contributed by atoms with van der Waals surface area (Å²) in [7, 11) is 0. The van der Waals surface area contributed by atoms with Gasteiger partial charge in [-0.05, 0) is 54.6 Å². The van der Waals surface area contributed by atoms with Gasteiger partial charge in [0, 0.05) is 40.5 Å². The van der Waals surface area contributed by atoms with Gasteiger partial charge in [-0.1, -0.05) is 33.8 Å². The smallest absolute Gasteiger partial charge is 0.316 e. The number of pyridine rings is 1. The fraction of sp³-hybridized carbons (Fsp3) is 0.679. The molecular weight excluding hydrogens is 498 g/mol. The molecule has 0 spiro atoms. The van der Waals surface area contributed by atoms with Gasteiger partial charge in [0.1, 0.15) is 11.9 Å². The van der Waals surface area contributed by atoms with E-state index in [1.54, 1.807) is 12.4 Å². The van der Waals surface area contributed by atoms with Crippen molar-refractivity contribution in [2.24, 2.45) is 34.0 Å². The number of hydrogen-bond acceptors (Lipinski definition) is 7. The Hall–Kier alpha value is -1.41. The Bertz CT molecular complexity index is 1010. The Morgan fingerprint density at radius 3 is 2.69 bits per heavy atom. The van der Waals surface area contributed by atoms with Gasteiger partial charge in [0.05, 0.1) is 18.5 Å².